The molecule has 2 aromatic carbocycles. The first-order valence-corrected chi connectivity index (χ1v) is 6.29. The molecule has 21 heavy (non-hydrogen) atoms. The van der Waals surface area contributed by atoms with Crippen LogP contribution < -0.4 is 5.56 Å². The van der Waals surface area contributed by atoms with E-state index in [0.29, 0.717) is 16.6 Å². The number of aromatic amines is 1. The number of halogens is 1. The number of nitrogens with one attached hydrogen (secondary N) is 1. The lowest BCUT2D eigenvalue weighted by molar-refractivity contribution is 0.515. The minimum atomic E-state index is -0.490. The first-order valence-electron chi connectivity index (χ1n) is 6.29. The Labute approximate surface area is 119 Å². The van der Waals surface area contributed by atoms with E-state index in [1.165, 1.54) is 24.3 Å². The second kappa shape index (κ2) is 5.20. The van der Waals surface area contributed by atoms with Gasteiger partial charge in [0.25, 0.3) is 5.56 Å². The molecule has 3 aromatic rings. The minimum absolute atomic E-state index is 0.0601. The predicted molar refractivity (Wildman–Crippen MR) is 79.3 cm³/mol. The molecule has 0 spiro atoms. The van der Waals surface area contributed by atoms with E-state index < -0.39 is 11.4 Å². The Morgan fingerprint density at radius 1 is 1.19 bits per heavy atom. The number of aliphatic hydroxyl groups is 1. The monoisotopic (exact) mass is 282 g/mol. The molecule has 0 bridgehead atoms. The largest absolute Gasteiger partial charge is 0.507 e. The summed E-state index contributed by atoms with van der Waals surface area (Å²) >= 11 is 0. The normalized spacial score (nSPS) is 11.8. The van der Waals surface area contributed by atoms with Crippen molar-refractivity contribution in [1.29, 1.82) is 0 Å². The fourth-order valence-corrected chi connectivity index (χ4v) is 1.99. The van der Waals surface area contributed by atoms with Crippen LogP contribution in [-0.4, -0.2) is 15.1 Å². The van der Waals surface area contributed by atoms with E-state index in [9.17, 15) is 14.3 Å². The maximum atomic E-state index is 13.1. The Morgan fingerprint density at radius 2 is 1.95 bits per heavy atom. The van der Waals surface area contributed by atoms with Gasteiger partial charge in [-0.05, 0) is 18.2 Å². The number of aliphatic hydroxyl groups excluding tert-OH is 1. The molecule has 0 amide bonds. The number of fused-ring (bicyclic) bond motifs is 1. The van der Waals surface area contributed by atoms with Gasteiger partial charge in [0.2, 0.25) is 0 Å². The molecule has 0 atom stereocenters. The van der Waals surface area contributed by atoms with Gasteiger partial charge >= 0.3 is 0 Å². The van der Waals surface area contributed by atoms with E-state index in [4.69, 9.17) is 0 Å². The van der Waals surface area contributed by atoms with Gasteiger partial charge < -0.3 is 10.1 Å². The molecule has 0 aliphatic heterocycles. The van der Waals surface area contributed by atoms with Gasteiger partial charge in [0, 0.05) is 11.6 Å². The lowest BCUT2D eigenvalue weighted by Gasteiger charge is -2.01. The summed E-state index contributed by atoms with van der Waals surface area (Å²) in [5.41, 5.74) is 0.920. The van der Waals surface area contributed by atoms with Gasteiger partial charge in [-0.2, -0.15) is 0 Å². The summed E-state index contributed by atoms with van der Waals surface area (Å²) < 4.78 is 13.1. The lowest BCUT2D eigenvalue weighted by atomic mass is 10.1. The molecule has 0 aliphatic rings. The minimum Gasteiger partial charge on any atom is -0.507 e. The van der Waals surface area contributed by atoms with Crippen LogP contribution >= 0.6 is 0 Å². The topological polar surface area (TPSA) is 66.0 Å². The van der Waals surface area contributed by atoms with E-state index in [2.05, 4.69) is 9.97 Å². The van der Waals surface area contributed by atoms with Crippen LogP contribution in [0.4, 0.5) is 4.39 Å². The van der Waals surface area contributed by atoms with Crippen LogP contribution in [0.25, 0.3) is 22.9 Å². The molecule has 0 saturated carbocycles. The van der Waals surface area contributed by atoms with Crippen LogP contribution in [0.1, 0.15) is 11.3 Å². The SMILES string of the molecule is O=c1[nH]c2cc(F)ccc2nc1/C=C(\O)c1ccccc1. The van der Waals surface area contributed by atoms with Crippen molar-refractivity contribution < 1.29 is 9.50 Å². The molecule has 104 valence electrons. The van der Waals surface area contributed by atoms with Gasteiger partial charge in [0.05, 0.1) is 11.0 Å². The summed E-state index contributed by atoms with van der Waals surface area (Å²) in [7, 11) is 0. The van der Waals surface area contributed by atoms with Gasteiger partial charge in [-0.1, -0.05) is 30.3 Å². The second-order valence-corrected chi connectivity index (χ2v) is 4.51. The third-order valence-electron chi connectivity index (χ3n) is 3.02. The zero-order valence-electron chi connectivity index (χ0n) is 10.9. The highest BCUT2D eigenvalue weighted by molar-refractivity contribution is 5.79. The lowest BCUT2D eigenvalue weighted by Crippen LogP contribution is -2.12. The van der Waals surface area contributed by atoms with Gasteiger partial charge in [-0.25, -0.2) is 9.37 Å². The molecular formula is C16H11FN2O2. The number of H-pyrrole nitrogens is 1. The number of nitrogens with zero attached hydrogens (tertiary/aromatic N) is 1. The van der Waals surface area contributed by atoms with E-state index >= 15 is 0 Å². The molecule has 5 heteroatoms. The van der Waals surface area contributed by atoms with Crippen LogP contribution in [0.5, 0.6) is 0 Å². The number of benzene rings is 2. The Balaban J connectivity index is 2.11. The van der Waals surface area contributed by atoms with Gasteiger partial charge in [-0.3, -0.25) is 4.79 Å². The molecule has 0 unspecified atom stereocenters. The molecule has 0 radical (unpaired) electrons. The van der Waals surface area contributed by atoms with Gasteiger partial charge in [0.15, 0.2) is 0 Å². The fourth-order valence-electron chi connectivity index (χ4n) is 1.99. The van der Waals surface area contributed by atoms with Crippen LogP contribution in [0.2, 0.25) is 0 Å². The molecular weight excluding hydrogens is 271 g/mol. The average Bonchev–Trinajstić information content (AvgIpc) is 2.49. The van der Waals surface area contributed by atoms with Crippen molar-refractivity contribution in [3.05, 3.63) is 76.0 Å². The van der Waals surface area contributed by atoms with Crippen molar-refractivity contribution in [2.24, 2.45) is 0 Å². The van der Waals surface area contributed by atoms with Crippen LogP contribution in [-0.2, 0) is 0 Å². The van der Waals surface area contributed by atoms with Crippen molar-refractivity contribution in [2.45, 2.75) is 0 Å². The molecule has 1 aromatic heterocycles. The number of aromatic nitrogens is 2. The van der Waals surface area contributed by atoms with Crippen molar-refractivity contribution in [2.75, 3.05) is 0 Å². The highest BCUT2D eigenvalue weighted by Gasteiger charge is 2.06. The summed E-state index contributed by atoms with van der Waals surface area (Å²) in [6, 6.07) is 12.8. The number of rotatable bonds is 2. The first kappa shape index (κ1) is 13.1. The molecule has 2 N–H and O–H groups in total. The zero-order valence-corrected chi connectivity index (χ0v) is 10.9. The van der Waals surface area contributed by atoms with Gasteiger partial charge in [-0.15, -0.1) is 0 Å². The van der Waals surface area contributed by atoms with Crippen molar-refractivity contribution >= 4 is 22.9 Å². The van der Waals surface area contributed by atoms with Crippen LogP contribution in [0, 0.1) is 5.82 Å². The summed E-state index contributed by atoms with van der Waals surface area (Å²) in [5, 5.41) is 10.0. The first-order chi connectivity index (χ1) is 10.1. The Hall–Kier alpha value is -2.95. The second-order valence-electron chi connectivity index (χ2n) is 4.51. The molecule has 0 saturated heterocycles. The molecule has 3 rings (SSSR count). The van der Waals surface area contributed by atoms with Crippen molar-refractivity contribution in [3.8, 4) is 0 Å². The van der Waals surface area contributed by atoms with Crippen molar-refractivity contribution in [3.63, 3.8) is 0 Å². The van der Waals surface area contributed by atoms with E-state index in [-0.39, 0.29) is 11.5 Å². The molecule has 0 fully saturated rings. The molecule has 4 nitrogen and oxygen atoms in total. The van der Waals surface area contributed by atoms with E-state index in [0.717, 1.165) is 0 Å². The summed E-state index contributed by atoms with van der Waals surface area (Å²) in [6.45, 7) is 0. The average molecular weight is 282 g/mol. The highest BCUT2D eigenvalue weighted by atomic mass is 19.1. The fraction of sp³-hybridized carbons (Fsp3) is 0. The zero-order chi connectivity index (χ0) is 14.8. The number of hydrogen-bond donors (Lipinski definition) is 2. The smallest absolute Gasteiger partial charge is 0.274 e. The number of hydrogen-bond acceptors (Lipinski definition) is 3. The van der Waals surface area contributed by atoms with Crippen LogP contribution in [0.3, 0.4) is 0 Å². The van der Waals surface area contributed by atoms with Gasteiger partial charge in [0.1, 0.15) is 17.3 Å². The maximum absolute atomic E-state index is 13.1. The third-order valence-corrected chi connectivity index (χ3v) is 3.02. The summed E-state index contributed by atoms with van der Waals surface area (Å²) in [6.07, 6.45) is 1.29. The third kappa shape index (κ3) is 2.67. The quantitative estimate of drug-likeness (QED) is 0.710. The summed E-state index contributed by atoms with van der Waals surface area (Å²) in [4.78, 5) is 18.6. The Bertz CT molecular complexity index is 886. The predicted octanol–water partition coefficient (Wildman–Crippen LogP) is 3.12. The summed E-state index contributed by atoms with van der Waals surface area (Å²) in [5.74, 6) is -0.509. The maximum Gasteiger partial charge on any atom is 0.274 e. The van der Waals surface area contributed by atoms with E-state index in [1.54, 1.807) is 24.3 Å². The Kier molecular flexibility index (Phi) is 3.23. The van der Waals surface area contributed by atoms with E-state index in [1.807, 2.05) is 6.07 Å². The highest BCUT2D eigenvalue weighted by Crippen LogP contribution is 2.14. The standard InChI is InChI=1S/C16H11FN2O2/c17-11-6-7-12-13(8-11)19-16(21)14(18-12)9-15(20)10-4-2-1-3-5-10/h1-9,20H,(H,19,21)/b15-9-. The van der Waals surface area contributed by atoms with Crippen LogP contribution in [0.15, 0.2) is 53.3 Å². The Morgan fingerprint density at radius 3 is 2.71 bits per heavy atom. The van der Waals surface area contributed by atoms with Crippen molar-refractivity contribution in [1.82, 2.24) is 9.97 Å². The molecule has 1 heterocycles. The molecule has 0 aliphatic carbocycles.